The van der Waals surface area contributed by atoms with E-state index in [0.29, 0.717) is 17.3 Å². The minimum atomic E-state index is -0.494. The van der Waals surface area contributed by atoms with Gasteiger partial charge in [-0.05, 0) is 38.3 Å². The fraction of sp³-hybridized carbons (Fsp3) is 0.409. The Kier molecular flexibility index (Phi) is 4.77. The number of Topliss-reactive ketones (excluding diaryl/α,β-unsaturated/α-hetero) is 1. The molecule has 9 heteroatoms. The molecule has 4 aromatic rings. The van der Waals surface area contributed by atoms with Crippen molar-refractivity contribution in [1.82, 2.24) is 29.2 Å². The maximum atomic E-state index is 14.3. The van der Waals surface area contributed by atoms with Crippen molar-refractivity contribution in [2.75, 3.05) is 7.11 Å². The molecule has 0 spiro atoms. The van der Waals surface area contributed by atoms with Crippen LogP contribution < -0.4 is 0 Å². The van der Waals surface area contributed by atoms with E-state index in [0.717, 1.165) is 35.4 Å². The standard InChI is InChI=1S/C22H23FN6O2/c1-12(31-3)21-16(10-24-20-9-19(15-4-5-15)27-29(20)21)8-17(30)6-14-7-18(23)22-25-13(2)26-28(22)11-14/h7,9-12,15H,4-6,8H2,1-3H3/t12-/m0/s1. The van der Waals surface area contributed by atoms with Gasteiger partial charge in [0.25, 0.3) is 0 Å². The predicted molar refractivity (Wildman–Crippen MR) is 110 cm³/mol. The first-order valence-corrected chi connectivity index (χ1v) is 10.4. The first kappa shape index (κ1) is 19.7. The summed E-state index contributed by atoms with van der Waals surface area (Å²) in [4.78, 5) is 21.5. The van der Waals surface area contributed by atoms with Gasteiger partial charge in [-0.1, -0.05) is 0 Å². The number of aromatic nitrogens is 6. The van der Waals surface area contributed by atoms with E-state index in [4.69, 9.17) is 9.84 Å². The molecule has 0 aliphatic heterocycles. The lowest BCUT2D eigenvalue weighted by Gasteiger charge is -2.16. The van der Waals surface area contributed by atoms with E-state index in [-0.39, 0.29) is 30.4 Å². The molecule has 0 bridgehead atoms. The second-order valence-corrected chi connectivity index (χ2v) is 8.18. The van der Waals surface area contributed by atoms with Gasteiger partial charge < -0.3 is 4.74 Å². The highest BCUT2D eigenvalue weighted by molar-refractivity contribution is 5.83. The number of ether oxygens (including phenoxy) is 1. The topological polar surface area (TPSA) is 86.7 Å². The Morgan fingerprint density at radius 3 is 2.84 bits per heavy atom. The number of halogens is 1. The van der Waals surface area contributed by atoms with Crippen molar-refractivity contribution in [1.29, 1.82) is 0 Å². The van der Waals surface area contributed by atoms with E-state index in [2.05, 4.69) is 15.1 Å². The Balaban J connectivity index is 1.44. The predicted octanol–water partition coefficient (Wildman–Crippen LogP) is 3.16. The van der Waals surface area contributed by atoms with Crippen LogP contribution in [0.4, 0.5) is 4.39 Å². The molecule has 0 amide bonds. The molecule has 0 radical (unpaired) electrons. The van der Waals surface area contributed by atoms with Gasteiger partial charge in [-0.3, -0.25) is 4.79 Å². The molecule has 4 heterocycles. The highest BCUT2D eigenvalue weighted by Crippen LogP contribution is 2.39. The summed E-state index contributed by atoms with van der Waals surface area (Å²) in [5, 5.41) is 8.88. The van der Waals surface area contributed by atoms with E-state index in [1.165, 1.54) is 10.6 Å². The number of rotatable bonds is 7. The van der Waals surface area contributed by atoms with E-state index in [9.17, 15) is 9.18 Å². The number of hydrogen-bond acceptors (Lipinski definition) is 6. The minimum absolute atomic E-state index is 0.0594. The van der Waals surface area contributed by atoms with Crippen LogP contribution in [-0.4, -0.2) is 42.1 Å². The van der Waals surface area contributed by atoms with E-state index >= 15 is 0 Å². The third-order valence-corrected chi connectivity index (χ3v) is 5.69. The molecular formula is C22H23FN6O2. The fourth-order valence-electron chi connectivity index (χ4n) is 3.97. The summed E-state index contributed by atoms with van der Waals surface area (Å²) in [5.74, 6) is 0.426. The van der Waals surface area contributed by atoms with Crippen LogP contribution in [0, 0.1) is 12.7 Å². The zero-order valence-electron chi connectivity index (χ0n) is 17.7. The number of pyridine rings is 1. The average molecular weight is 422 g/mol. The van der Waals surface area contributed by atoms with Gasteiger partial charge in [-0.25, -0.2) is 23.4 Å². The Bertz CT molecular complexity index is 1310. The van der Waals surface area contributed by atoms with Crippen molar-refractivity contribution in [2.45, 2.75) is 51.6 Å². The number of aryl methyl sites for hydroxylation is 1. The molecule has 1 fully saturated rings. The van der Waals surface area contributed by atoms with Crippen LogP contribution in [0.25, 0.3) is 11.3 Å². The van der Waals surface area contributed by atoms with Crippen LogP contribution in [-0.2, 0) is 22.4 Å². The zero-order valence-corrected chi connectivity index (χ0v) is 17.7. The van der Waals surface area contributed by atoms with Crippen LogP contribution >= 0.6 is 0 Å². The Morgan fingerprint density at radius 1 is 1.29 bits per heavy atom. The summed E-state index contributed by atoms with van der Waals surface area (Å²) >= 11 is 0. The number of carbonyl (C=O) groups is 1. The quantitative estimate of drug-likeness (QED) is 0.455. The number of hydrogen-bond donors (Lipinski definition) is 0. The lowest BCUT2D eigenvalue weighted by atomic mass is 10.0. The number of nitrogens with zero attached hydrogens (tertiary/aromatic N) is 6. The van der Waals surface area contributed by atoms with E-state index in [1.807, 2.05) is 13.0 Å². The largest absolute Gasteiger partial charge is 0.375 e. The minimum Gasteiger partial charge on any atom is -0.375 e. The third-order valence-electron chi connectivity index (χ3n) is 5.69. The first-order valence-electron chi connectivity index (χ1n) is 10.4. The van der Waals surface area contributed by atoms with Crippen molar-refractivity contribution < 1.29 is 13.9 Å². The Morgan fingerprint density at radius 2 is 2.10 bits per heavy atom. The number of ketones is 1. The number of methoxy groups -OCH3 is 1. The molecule has 0 N–H and O–H groups in total. The Hall–Kier alpha value is -3.20. The van der Waals surface area contributed by atoms with Gasteiger partial charge in [0.1, 0.15) is 11.6 Å². The lowest BCUT2D eigenvalue weighted by Crippen LogP contribution is -2.15. The summed E-state index contributed by atoms with van der Waals surface area (Å²) in [6.07, 6.45) is 5.64. The molecule has 160 valence electrons. The van der Waals surface area contributed by atoms with Crippen LogP contribution in [0.3, 0.4) is 0 Å². The number of carbonyl (C=O) groups excluding carboxylic acids is 1. The monoisotopic (exact) mass is 422 g/mol. The van der Waals surface area contributed by atoms with Crippen molar-refractivity contribution in [3.63, 3.8) is 0 Å². The van der Waals surface area contributed by atoms with Crippen LogP contribution in [0.1, 0.15) is 60.1 Å². The van der Waals surface area contributed by atoms with Crippen LogP contribution in [0.5, 0.6) is 0 Å². The third kappa shape index (κ3) is 3.69. The zero-order chi connectivity index (χ0) is 21.7. The molecule has 1 atom stereocenters. The number of fused-ring (bicyclic) bond motifs is 2. The summed E-state index contributed by atoms with van der Waals surface area (Å²) < 4.78 is 23.1. The van der Waals surface area contributed by atoms with Gasteiger partial charge in [0, 0.05) is 49.9 Å². The SMILES string of the molecule is CO[C@@H](C)c1c(CC(=O)Cc2cc(F)c3nc(C)nn3c2)cnc2cc(C3CC3)nn12. The first-order chi connectivity index (χ1) is 14.9. The van der Waals surface area contributed by atoms with Crippen molar-refractivity contribution in [3.8, 4) is 0 Å². The smallest absolute Gasteiger partial charge is 0.191 e. The summed E-state index contributed by atoms with van der Waals surface area (Å²) in [6, 6.07) is 3.35. The molecule has 1 saturated carbocycles. The molecule has 8 nitrogen and oxygen atoms in total. The molecule has 31 heavy (non-hydrogen) atoms. The van der Waals surface area contributed by atoms with Gasteiger partial charge in [-0.2, -0.15) is 10.2 Å². The van der Waals surface area contributed by atoms with Crippen molar-refractivity contribution in [2.24, 2.45) is 0 Å². The van der Waals surface area contributed by atoms with Crippen LogP contribution in [0.15, 0.2) is 24.5 Å². The fourth-order valence-corrected chi connectivity index (χ4v) is 3.97. The summed E-state index contributed by atoms with van der Waals surface area (Å²) in [6.45, 7) is 3.63. The average Bonchev–Trinajstić information content (AvgIpc) is 3.37. The molecule has 1 aliphatic rings. The maximum absolute atomic E-state index is 14.3. The van der Waals surface area contributed by atoms with Gasteiger partial charge in [0.05, 0.1) is 17.5 Å². The highest BCUT2D eigenvalue weighted by Gasteiger charge is 2.28. The van der Waals surface area contributed by atoms with E-state index < -0.39 is 5.82 Å². The van der Waals surface area contributed by atoms with E-state index in [1.54, 1.807) is 30.9 Å². The van der Waals surface area contributed by atoms with Crippen molar-refractivity contribution in [3.05, 3.63) is 58.7 Å². The summed E-state index contributed by atoms with van der Waals surface area (Å²) in [7, 11) is 1.63. The summed E-state index contributed by atoms with van der Waals surface area (Å²) in [5.41, 5.74) is 4.07. The molecule has 0 aromatic carbocycles. The van der Waals surface area contributed by atoms with Gasteiger partial charge >= 0.3 is 0 Å². The second kappa shape index (κ2) is 7.49. The molecule has 1 aliphatic carbocycles. The molecule has 5 rings (SSSR count). The molecule has 4 aromatic heterocycles. The normalized spacial score (nSPS) is 15.1. The Labute approximate surface area is 178 Å². The lowest BCUT2D eigenvalue weighted by molar-refractivity contribution is -0.117. The maximum Gasteiger partial charge on any atom is 0.191 e. The molecule has 0 unspecified atom stereocenters. The van der Waals surface area contributed by atoms with Crippen LogP contribution in [0.2, 0.25) is 0 Å². The molecular weight excluding hydrogens is 399 g/mol. The second-order valence-electron chi connectivity index (χ2n) is 8.18. The highest BCUT2D eigenvalue weighted by atomic mass is 19.1. The van der Waals surface area contributed by atoms with Gasteiger partial charge in [0.2, 0.25) is 0 Å². The van der Waals surface area contributed by atoms with Crippen molar-refractivity contribution >= 4 is 17.1 Å². The van der Waals surface area contributed by atoms with Gasteiger partial charge in [0.15, 0.2) is 17.1 Å². The molecule has 0 saturated heterocycles. The van der Waals surface area contributed by atoms with Gasteiger partial charge in [-0.15, -0.1) is 0 Å².